The summed E-state index contributed by atoms with van der Waals surface area (Å²) in [5, 5.41) is 2.24. The van der Waals surface area contributed by atoms with E-state index in [0.717, 1.165) is 44.3 Å². The molecule has 9 N–H and O–H groups in total. The van der Waals surface area contributed by atoms with E-state index >= 15 is 0 Å². The zero-order valence-electron chi connectivity index (χ0n) is 16.7. The summed E-state index contributed by atoms with van der Waals surface area (Å²) in [6, 6.07) is 18.9. The van der Waals surface area contributed by atoms with E-state index < -0.39 is 11.8 Å². The Balaban J connectivity index is 0.000000176. The second-order valence-corrected chi connectivity index (χ2v) is 6.87. The minimum absolute atomic E-state index is 0.488. The number of primary amides is 2. The van der Waals surface area contributed by atoms with E-state index in [1.165, 1.54) is 12.2 Å². The third-order valence-corrected chi connectivity index (χ3v) is 4.46. The fourth-order valence-electron chi connectivity index (χ4n) is 3.01. The van der Waals surface area contributed by atoms with Crippen LogP contribution >= 0.6 is 0 Å². The van der Waals surface area contributed by atoms with E-state index in [-0.39, 0.29) is 0 Å². The van der Waals surface area contributed by atoms with Gasteiger partial charge in [-0.3, -0.25) is 9.59 Å². The normalized spacial score (nSPS) is 11.1. The first kappa shape index (κ1) is 21.2. The van der Waals surface area contributed by atoms with Gasteiger partial charge in [0, 0.05) is 45.3 Å². The van der Waals surface area contributed by atoms with Gasteiger partial charge in [-0.05, 0) is 59.7 Å². The van der Waals surface area contributed by atoms with Crippen LogP contribution in [0, 0.1) is 0 Å². The molecule has 0 aliphatic heterocycles. The maximum absolute atomic E-state index is 10.5. The number of fused-ring (bicyclic) bond motifs is 3. The monoisotopic (exact) mass is 413 g/mol. The number of hydrogen-bond donors (Lipinski definition) is 5. The van der Waals surface area contributed by atoms with Crippen LogP contribution in [0.5, 0.6) is 0 Å². The van der Waals surface area contributed by atoms with Crippen LogP contribution in [-0.4, -0.2) is 16.8 Å². The molecule has 4 rings (SSSR count). The quantitative estimate of drug-likeness (QED) is 0.257. The zero-order chi connectivity index (χ0) is 22.4. The first-order valence-electron chi connectivity index (χ1n) is 9.43. The van der Waals surface area contributed by atoms with Crippen molar-refractivity contribution in [2.45, 2.75) is 0 Å². The highest BCUT2D eigenvalue weighted by Crippen LogP contribution is 2.28. The van der Waals surface area contributed by atoms with Crippen molar-refractivity contribution in [3.63, 3.8) is 0 Å². The molecular weight excluding hydrogens is 390 g/mol. The Labute approximate surface area is 179 Å². The molecule has 1 aromatic heterocycles. The van der Waals surface area contributed by atoms with Crippen molar-refractivity contribution in [3.05, 3.63) is 83.9 Å². The molecule has 4 aromatic rings. The Hall–Kier alpha value is -4.52. The molecule has 1 heterocycles. The molecule has 0 saturated carbocycles. The van der Waals surface area contributed by atoms with E-state index in [9.17, 15) is 9.59 Å². The van der Waals surface area contributed by atoms with Crippen molar-refractivity contribution in [2.75, 3.05) is 11.5 Å². The van der Waals surface area contributed by atoms with Gasteiger partial charge in [0.15, 0.2) is 0 Å². The van der Waals surface area contributed by atoms with Crippen LogP contribution in [0.2, 0.25) is 0 Å². The Kier molecular flexibility index (Phi) is 6.37. The molecule has 0 saturated heterocycles. The number of benzene rings is 3. The molecule has 3 aromatic carbocycles. The number of anilines is 2. The number of amides is 2. The number of carbonyl (C=O) groups excluding carboxylic acids is 2. The van der Waals surface area contributed by atoms with Crippen LogP contribution in [0.4, 0.5) is 11.4 Å². The lowest BCUT2D eigenvalue weighted by Gasteiger charge is -1.95. The van der Waals surface area contributed by atoms with Gasteiger partial charge in [0.2, 0.25) is 11.8 Å². The predicted molar refractivity (Wildman–Crippen MR) is 128 cm³/mol. The van der Waals surface area contributed by atoms with E-state index in [1.54, 1.807) is 36.4 Å². The second kappa shape index (κ2) is 9.32. The average molecular weight is 413 g/mol. The van der Waals surface area contributed by atoms with Crippen LogP contribution in [-0.2, 0) is 9.59 Å². The van der Waals surface area contributed by atoms with Crippen molar-refractivity contribution >= 4 is 57.1 Å². The van der Waals surface area contributed by atoms with Crippen molar-refractivity contribution in [3.8, 4) is 0 Å². The van der Waals surface area contributed by atoms with Crippen molar-refractivity contribution in [2.24, 2.45) is 11.5 Å². The maximum Gasteiger partial charge on any atom is 0.241 e. The highest BCUT2D eigenvalue weighted by molar-refractivity contribution is 6.09. The van der Waals surface area contributed by atoms with Gasteiger partial charge in [-0.1, -0.05) is 24.3 Å². The SMILES string of the molecule is NC(=O)C=Cc1ccc(C=CC(N)=O)cc1.Nc1ccc2[nH]c3ccc(N)cc3c2c1. The highest BCUT2D eigenvalue weighted by atomic mass is 16.1. The first-order chi connectivity index (χ1) is 14.8. The van der Waals surface area contributed by atoms with Crippen molar-refractivity contribution in [1.29, 1.82) is 0 Å². The Morgan fingerprint density at radius 3 is 1.39 bits per heavy atom. The highest BCUT2D eigenvalue weighted by Gasteiger charge is 2.04. The predicted octanol–water partition coefficient (Wildman–Crippen LogP) is 3.17. The molecule has 0 aliphatic carbocycles. The Morgan fingerprint density at radius 1 is 0.645 bits per heavy atom. The van der Waals surface area contributed by atoms with E-state index in [1.807, 2.05) is 36.4 Å². The largest absolute Gasteiger partial charge is 0.399 e. The second-order valence-electron chi connectivity index (χ2n) is 6.87. The summed E-state index contributed by atoms with van der Waals surface area (Å²) in [5.74, 6) is -0.976. The first-order valence-corrected chi connectivity index (χ1v) is 9.43. The van der Waals surface area contributed by atoms with Gasteiger partial charge in [0.25, 0.3) is 0 Å². The Morgan fingerprint density at radius 2 is 1.03 bits per heavy atom. The van der Waals surface area contributed by atoms with Gasteiger partial charge in [-0.15, -0.1) is 0 Å². The number of aromatic nitrogens is 1. The molecule has 0 atom stereocenters. The number of nitrogens with two attached hydrogens (primary N) is 4. The van der Waals surface area contributed by atoms with Crippen molar-refractivity contribution < 1.29 is 9.59 Å². The van der Waals surface area contributed by atoms with E-state index in [2.05, 4.69) is 4.98 Å². The molecule has 0 radical (unpaired) electrons. The summed E-state index contributed by atoms with van der Waals surface area (Å²) < 4.78 is 0. The molecule has 7 nitrogen and oxygen atoms in total. The van der Waals surface area contributed by atoms with E-state index in [0.29, 0.717) is 0 Å². The molecule has 0 unspecified atom stereocenters. The summed E-state index contributed by atoms with van der Waals surface area (Å²) in [5.41, 5.74) is 26.9. The number of nitrogen functional groups attached to an aromatic ring is 2. The zero-order valence-corrected chi connectivity index (χ0v) is 16.7. The number of rotatable bonds is 4. The van der Waals surface area contributed by atoms with Crippen LogP contribution in [0.3, 0.4) is 0 Å². The van der Waals surface area contributed by atoms with E-state index in [4.69, 9.17) is 22.9 Å². The molecule has 0 fully saturated rings. The number of aromatic amines is 1. The summed E-state index contributed by atoms with van der Waals surface area (Å²) in [4.78, 5) is 24.3. The molecule has 0 spiro atoms. The Bertz CT molecular complexity index is 1200. The van der Waals surface area contributed by atoms with Gasteiger partial charge in [-0.2, -0.15) is 0 Å². The molecule has 2 amide bonds. The van der Waals surface area contributed by atoms with Gasteiger partial charge in [-0.25, -0.2) is 0 Å². The number of hydrogen-bond acceptors (Lipinski definition) is 4. The molecule has 7 heteroatoms. The molecule has 156 valence electrons. The van der Waals surface area contributed by atoms with Crippen LogP contribution < -0.4 is 22.9 Å². The topological polar surface area (TPSA) is 154 Å². The summed E-state index contributed by atoms with van der Waals surface area (Å²) in [6.07, 6.45) is 5.80. The van der Waals surface area contributed by atoms with Gasteiger partial charge in [0.05, 0.1) is 0 Å². The smallest absolute Gasteiger partial charge is 0.241 e. The molecule has 0 bridgehead atoms. The molecular formula is C24H23N5O2. The van der Waals surface area contributed by atoms with Crippen LogP contribution in [0.1, 0.15) is 11.1 Å². The average Bonchev–Trinajstić information content (AvgIpc) is 3.09. The summed E-state index contributed by atoms with van der Waals surface area (Å²) in [6.45, 7) is 0. The lowest BCUT2D eigenvalue weighted by atomic mass is 10.1. The van der Waals surface area contributed by atoms with Crippen molar-refractivity contribution in [1.82, 2.24) is 4.98 Å². The minimum Gasteiger partial charge on any atom is -0.399 e. The fourth-order valence-corrected chi connectivity index (χ4v) is 3.01. The van der Waals surface area contributed by atoms with Crippen LogP contribution in [0.25, 0.3) is 34.0 Å². The number of nitrogens with one attached hydrogen (secondary N) is 1. The molecule has 0 aliphatic rings. The fraction of sp³-hybridized carbons (Fsp3) is 0. The summed E-state index contributed by atoms with van der Waals surface area (Å²) >= 11 is 0. The van der Waals surface area contributed by atoms with Gasteiger partial charge >= 0.3 is 0 Å². The standard InChI is InChI=1S/C12H11N3.C12H12N2O2/c13-7-1-3-11-9(5-7)10-6-8(14)2-4-12(10)15-11;13-11(15)7-5-9-1-2-10(4-3-9)6-8-12(14)16/h1-6,15H,13-14H2;1-8H,(H2,13,15)(H2,14,16). The maximum atomic E-state index is 10.5. The molecule has 31 heavy (non-hydrogen) atoms. The lowest BCUT2D eigenvalue weighted by Crippen LogP contribution is -2.05. The number of H-pyrrole nitrogens is 1. The van der Waals surface area contributed by atoms with Gasteiger partial charge in [0.1, 0.15) is 0 Å². The lowest BCUT2D eigenvalue weighted by molar-refractivity contribution is -0.114. The third-order valence-electron chi connectivity index (χ3n) is 4.46. The van der Waals surface area contributed by atoms with Crippen LogP contribution in [0.15, 0.2) is 72.8 Å². The van der Waals surface area contributed by atoms with Gasteiger partial charge < -0.3 is 27.9 Å². The summed E-state index contributed by atoms with van der Waals surface area (Å²) in [7, 11) is 0. The third kappa shape index (κ3) is 5.74. The minimum atomic E-state index is -0.488. The number of carbonyl (C=O) groups is 2.